The zero-order valence-corrected chi connectivity index (χ0v) is 12.2. The molecule has 2 rings (SSSR count). The van der Waals surface area contributed by atoms with Crippen molar-refractivity contribution in [3.8, 4) is 5.75 Å². The molecule has 1 aromatic carbocycles. The van der Waals surface area contributed by atoms with Gasteiger partial charge in [0.2, 0.25) is 5.69 Å². The van der Waals surface area contributed by atoms with Crippen molar-refractivity contribution in [1.82, 2.24) is 9.78 Å². The average Bonchev–Trinajstić information content (AvgIpc) is 2.92. The summed E-state index contributed by atoms with van der Waals surface area (Å²) in [6, 6.07) is 4.37. The molecule has 0 aliphatic carbocycles. The number of rotatable bonds is 5. The van der Waals surface area contributed by atoms with E-state index in [-0.39, 0.29) is 17.9 Å². The van der Waals surface area contributed by atoms with E-state index in [1.165, 1.54) is 12.1 Å². The van der Waals surface area contributed by atoms with Crippen molar-refractivity contribution < 1.29 is 27.6 Å². The minimum Gasteiger partial charge on any atom is -0.406 e. The van der Waals surface area contributed by atoms with Gasteiger partial charge in [-0.05, 0) is 31.2 Å². The first-order valence-electron chi connectivity index (χ1n) is 6.58. The minimum atomic E-state index is -4.82. The topological polar surface area (TPSA) is 99.3 Å². The van der Waals surface area contributed by atoms with Crippen LogP contribution in [0.25, 0.3) is 0 Å². The van der Waals surface area contributed by atoms with E-state index in [9.17, 15) is 28.1 Å². The summed E-state index contributed by atoms with van der Waals surface area (Å²) in [4.78, 5) is 22.4. The van der Waals surface area contributed by atoms with Crippen LogP contribution >= 0.6 is 0 Å². The fourth-order valence-electron chi connectivity index (χ4n) is 1.91. The SMILES string of the molecule is CCn1ncc([N+](=O)[O-])c1C(=O)Nc1ccc(OC(F)(F)F)cc1. The Balaban J connectivity index is 2.18. The maximum atomic E-state index is 12.2. The monoisotopic (exact) mass is 344 g/mol. The molecular formula is C13H11F3N4O4. The Morgan fingerprint density at radius 2 is 2.00 bits per heavy atom. The molecule has 0 radical (unpaired) electrons. The number of alkyl halides is 3. The van der Waals surface area contributed by atoms with E-state index in [1.54, 1.807) is 6.92 Å². The molecule has 0 aliphatic rings. The maximum absolute atomic E-state index is 12.2. The van der Waals surface area contributed by atoms with Gasteiger partial charge in [0, 0.05) is 12.2 Å². The number of anilines is 1. The molecule has 0 aliphatic heterocycles. The third kappa shape index (κ3) is 4.00. The number of halogens is 3. The Morgan fingerprint density at radius 3 is 2.50 bits per heavy atom. The van der Waals surface area contributed by atoms with Gasteiger partial charge >= 0.3 is 12.0 Å². The van der Waals surface area contributed by atoms with Gasteiger partial charge in [-0.2, -0.15) is 5.10 Å². The standard InChI is InChI=1S/C13H11F3N4O4/c1-2-19-11(10(7-17-19)20(22)23)12(21)18-8-3-5-9(6-4-8)24-13(14,15)16/h3-7H,2H2,1H3,(H,18,21). The van der Waals surface area contributed by atoms with E-state index in [2.05, 4.69) is 15.2 Å². The second-order valence-corrected chi connectivity index (χ2v) is 4.48. The molecule has 0 atom stereocenters. The number of aryl methyl sites for hydroxylation is 1. The highest BCUT2D eigenvalue weighted by molar-refractivity contribution is 6.05. The smallest absolute Gasteiger partial charge is 0.406 e. The number of hydrogen-bond donors (Lipinski definition) is 1. The molecule has 0 spiro atoms. The highest BCUT2D eigenvalue weighted by atomic mass is 19.4. The van der Waals surface area contributed by atoms with E-state index < -0.39 is 28.6 Å². The molecule has 2 aromatic rings. The summed E-state index contributed by atoms with van der Waals surface area (Å²) in [5, 5.41) is 17.0. The van der Waals surface area contributed by atoms with Crippen LogP contribution in [-0.4, -0.2) is 27.0 Å². The summed E-state index contributed by atoms with van der Waals surface area (Å²) < 4.78 is 41.1. The molecule has 0 saturated heterocycles. The predicted molar refractivity (Wildman–Crippen MR) is 75.6 cm³/mol. The van der Waals surface area contributed by atoms with Crippen LogP contribution in [0.5, 0.6) is 5.75 Å². The lowest BCUT2D eigenvalue weighted by Gasteiger charge is -2.10. The normalized spacial score (nSPS) is 11.2. The Kier molecular flexibility index (Phi) is 4.71. The second kappa shape index (κ2) is 6.56. The van der Waals surface area contributed by atoms with E-state index in [1.807, 2.05) is 0 Å². The molecule has 1 amide bonds. The molecule has 0 bridgehead atoms. The van der Waals surface area contributed by atoms with Gasteiger partial charge in [-0.1, -0.05) is 0 Å². The van der Waals surface area contributed by atoms with Crippen LogP contribution in [0.4, 0.5) is 24.5 Å². The van der Waals surface area contributed by atoms with E-state index in [4.69, 9.17) is 0 Å². The van der Waals surface area contributed by atoms with Crippen molar-refractivity contribution in [3.63, 3.8) is 0 Å². The molecule has 24 heavy (non-hydrogen) atoms. The van der Waals surface area contributed by atoms with Gasteiger partial charge in [-0.15, -0.1) is 13.2 Å². The van der Waals surface area contributed by atoms with Crippen LogP contribution in [-0.2, 0) is 6.54 Å². The van der Waals surface area contributed by atoms with E-state index in [0.717, 1.165) is 23.0 Å². The molecule has 1 N–H and O–H groups in total. The van der Waals surface area contributed by atoms with Crippen LogP contribution in [0.15, 0.2) is 30.5 Å². The van der Waals surface area contributed by atoms with E-state index >= 15 is 0 Å². The number of aromatic nitrogens is 2. The number of benzene rings is 1. The number of ether oxygens (including phenoxy) is 1. The maximum Gasteiger partial charge on any atom is 0.573 e. The molecule has 0 fully saturated rings. The number of nitrogens with zero attached hydrogens (tertiary/aromatic N) is 3. The Hall–Kier alpha value is -3.11. The van der Waals surface area contributed by atoms with Crippen LogP contribution in [0.1, 0.15) is 17.4 Å². The summed E-state index contributed by atoms with van der Waals surface area (Å²) in [6.07, 6.45) is -3.86. The summed E-state index contributed by atoms with van der Waals surface area (Å²) in [7, 11) is 0. The molecule has 11 heteroatoms. The fraction of sp³-hybridized carbons (Fsp3) is 0.231. The third-order valence-electron chi connectivity index (χ3n) is 2.88. The molecule has 1 heterocycles. The molecule has 1 aromatic heterocycles. The molecular weight excluding hydrogens is 333 g/mol. The van der Waals surface area contributed by atoms with Gasteiger partial charge in [0.25, 0.3) is 5.91 Å². The van der Waals surface area contributed by atoms with Gasteiger partial charge in [-0.25, -0.2) is 0 Å². The van der Waals surface area contributed by atoms with Crippen LogP contribution in [0.3, 0.4) is 0 Å². The van der Waals surface area contributed by atoms with Crippen LogP contribution < -0.4 is 10.1 Å². The first-order chi connectivity index (χ1) is 11.2. The number of amides is 1. The second-order valence-electron chi connectivity index (χ2n) is 4.48. The number of nitro groups is 1. The quantitative estimate of drug-likeness (QED) is 0.664. The van der Waals surface area contributed by atoms with Gasteiger partial charge in [0.1, 0.15) is 11.9 Å². The molecule has 8 nitrogen and oxygen atoms in total. The molecule has 128 valence electrons. The lowest BCUT2D eigenvalue weighted by atomic mass is 10.2. The van der Waals surface area contributed by atoms with Crippen molar-refractivity contribution in [3.05, 3.63) is 46.3 Å². The summed E-state index contributed by atoms with van der Waals surface area (Å²) in [5.41, 5.74) is -0.572. The first-order valence-corrected chi connectivity index (χ1v) is 6.58. The minimum absolute atomic E-state index is 0.146. The predicted octanol–water partition coefficient (Wildman–Crippen LogP) is 2.96. The highest BCUT2D eigenvalue weighted by Gasteiger charge is 2.31. The number of carbonyl (C=O) groups is 1. The van der Waals surface area contributed by atoms with Crippen molar-refractivity contribution in [2.75, 3.05) is 5.32 Å². The highest BCUT2D eigenvalue weighted by Crippen LogP contribution is 2.25. The first kappa shape index (κ1) is 17.2. The lowest BCUT2D eigenvalue weighted by Crippen LogP contribution is -2.19. The van der Waals surface area contributed by atoms with Gasteiger partial charge in [0.15, 0.2) is 0 Å². The third-order valence-corrected chi connectivity index (χ3v) is 2.88. The van der Waals surface area contributed by atoms with Gasteiger partial charge in [-0.3, -0.25) is 19.6 Å². The van der Waals surface area contributed by atoms with Gasteiger partial charge in [0.05, 0.1) is 4.92 Å². The Labute approximate surface area is 133 Å². The van der Waals surface area contributed by atoms with Crippen molar-refractivity contribution in [2.24, 2.45) is 0 Å². The van der Waals surface area contributed by atoms with Crippen molar-refractivity contribution in [2.45, 2.75) is 19.8 Å². The Bertz CT molecular complexity index is 756. The van der Waals surface area contributed by atoms with Crippen LogP contribution in [0.2, 0.25) is 0 Å². The van der Waals surface area contributed by atoms with Gasteiger partial charge < -0.3 is 10.1 Å². The zero-order chi connectivity index (χ0) is 17.9. The number of nitrogens with one attached hydrogen (secondary N) is 1. The fourth-order valence-corrected chi connectivity index (χ4v) is 1.91. The van der Waals surface area contributed by atoms with Crippen molar-refractivity contribution in [1.29, 1.82) is 0 Å². The summed E-state index contributed by atoms with van der Waals surface area (Å²) >= 11 is 0. The van der Waals surface area contributed by atoms with E-state index in [0.29, 0.717) is 0 Å². The summed E-state index contributed by atoms with van der Waals surface area (Å²) in [5.74, 6) is -1.25. The summed E-state index contributed by atoms with van der Waals surface area (Å²) in [6.45, 7) is 1.88. The largest absolute Gasteiger partial charge is 0.573 e. The van der Waals surface area contributed by atoms with Crippen LogP contribution in [0, 0.1) is 10.1 Å². The van der Waals surface area contributed by atoms with Crippen molar-refractivity contribution >= 4 is 17.3 Å². The Morgan fingerprint density at radius 1 is 1.38 bits per heavy atom. The lowest BCUT2D eigenvalue weighted by molar-refractivity contribution is -0.385. The zero-order valence-electron chi connectivity index (χ0n) is 12.2. The average molecular weight is 344 g/mol. The molecule has 0 saturated carbocycles. The number of carbonyl (C=O) groups excluding carboxylic acids is 1. The molecule has 0 unspecified atom stereocenters. The number of hydrogen-bond acceptors (Lipinski definition) is 5.